The first-order valence-electron chi connectivity index (χ1n) is 7.78. The van der Waals surface area contributed by atoms with Crippen molar-refractivity contribution in [3.05, 3.63) is 60.7 Å². The second-order valence-corrected chi connectivity index (χ2v) is 5.36. The van der Waals surface area contributed by atoms with Gasteiger partial charge in [0.2, 0.25) is 0 Å². The van der Waals surface area contributed by atoms with Gasteiger partial charge in [-0.3, -0.25) is 0 Å². The van der Waals surface area contributed by atoms with Crippen molar-refractivity contribution < 1.29 is 29.3 Å². The molecule has 25 heavy (non-hydrogen) atoms. The minimum Gasteiger partial charge on any atom is -0.450 e. The molecule has 0 spiro atoms. The van der Waals surface area contributed by atoms with Crippen LogP contribution >= 0.6 is 0 Å². The van der Waals surface area contributed by atoms with Gasteiger partial charge in [0.1, 0.15) is 12.2 Å². The molecular weight excluding hydrogens is 324 g/mol. The molecule has 0 radical (unpaired) electrons. The van der Waals surface area contributed by atoms with Crippen LogP contribution < -0.4 is 0 Å². The number of carbonyl (C=O) groups is 2. The topological polar surface area (TPSA) is 93.1 Å². The Hall–Kier alpha value is -3.02. The minimum absolute atomic E-state index is 0.207. The van der Waals surface area contributed by atoms with E-state index in [4.69, 9.17) is 10.2 Å². The van der Waals surface area contributed by atoms with Gasteiger partial charge in [0.25, 0.3) is 0 Å². The summed E-state index contributed by atoms with van der Waals surface area (Å²) in [4.78, 5) is 20.1. The highest BCUT2D eigenvalue weighted by molar-refractivity contribution is 5.62. The van der Waals surface area contributed by atoms with E-state index in [-0.39, 0.29) is 6.42 Å². The summed E-state index contributed by atoms with van der Waals surface area (Å²) in [7, 11) is 0. The van der Waals surface area contributed by atoms with Gasteiger partial charge in [0.15, 0.2) is 0 Å². The molecule has 0 aromatic heterocycles. The van der Waals surface area contributed by atoms with E-state index < -0.39 is 24.5 Å². The van der Waals surface area contributed by atoms with Crippen molar-refractivity contribution in [1.29, 1.82) is 0 Å². The molecule has 6 heteroatoms. The summed E-state index contributed by atoms with van der Waals surface area (Å²) < 4.78 is 8.69. The molecule has 6 nitrogen and oxygen atoms in total. The van der Waals surface area contributed by atoms with Crippen molar-refractivity contribution in [3.63, 3.8) is 0 Å². The maximum absolute atomic E-state index is 10.0. The van der Waals surface area contributed by atoms with E-state index in [0.29, 0.717) is 0 Å². The van der Waals surface area contributed by atoms with Gasteiger partial charge in [-0.1, -0.05) is 60.7 Å². The highest BCUT2D eigenvalue weighted by Gasteiger charge is 2.15. The zero-order valence-corrected chi connectivity index (χ0v) is 14.2. The summed E-state index contributed by atoms with van der Waals surface area (Å²) in [5, 5.41) is 16.4. The summed E-state index contributed by atoms with van der Waals surface area (Å²) in [6.07, 6.45) is -3.71. The van der Waals surface area contributed by atoms with Gasteiger partial charge in [0.05, 0.1) is 0 Å². The number of carboxylic acid groups (broad SMARTS) is 2. The van der Waals surface area contributed by atoms with Crippen molar-refractivity contribution in [2.24, 2.45) is 0 Å². The van der Waals surface area contributed by atoms with Gasteiger partial charge in [-0.25, -0.2) is 9.59 Å². The standard InChI is InChI=1S/C12H10.C7H12O6/c1-3-7-11(8-4-1)12-9-5-2-6-10-12;1-4(12-6(8)9)3-5(2)13-7(10)11/h1-10H;4-5H,3H2,1-2H3,(H,8,9)(H,10,11). The van der Waals surface area contributed by atoms with Crippen LogP contribution in [0.1, 0.15) is 20.3 Å². The van der Waals surface area contributed by atoms with Gasteiger partial charge in [-0.2, -0.15) is 0 Å². The van der Waals surface area contributed by atoms with E-state index in [1.807, 2.05) is 12.1 Å². The summed E-state index contributed by atoms with van der Waals surface area (Å²) in [5.41, 5.74) is 2.55. The fraction of sp³-hybridized carbons (Fsp3) is 0.263. The van der Waals surface area contributed by atoms with Crippen LogP contribution in [0.5, 0.6) is 0 Å². The Morgan fingerprint density at radius 3 is 1.36 bits per heavy atom. The van der Waals surface area contributed by atoms with Crippen molar-refractivity contribution in [3.8, 4) is 11.1 Å². The van der Waals surface area contributed by atoms with E-state index in [1.165, 1.54) is 25.0 Å². The molecule has 2 atom stereocenters. The maximum atomic E-state index is 10.0. The van der Waals surface area contributed by atoms with Crippen molar-refractivity contribution in [2.45, 2.75) is 32.5 Å². The molecule has 0 amide bonds. The molecule has 2 aromatic rings. The van der Waals surface area contributed by atoms with Crippen LogP contribution in [0.15, 0.2) is 60.7 Å². The van der Waals surface area contributed by atoms with E-state index in [0.717, 1.165) is 0 Å². The highest BCUT2D eigenvalue weighted by atomic mass is 16.7. The molecular formula is C19H22O6. The molecule has 0 saturated carbocycles. The lowest BCUT2D eigenvalue weighted by atomic mass is 10.1. The van der Waals surface area contributed by atoms with Crippen molar-refractivity contribution in [1.82, 2.24) is 0 Å². The fourth-order valence-electron chi connectivity index (χ4n) is 2.17. The lowest BCUT2D eigenvalue weighted by Crippen LogP contribution is -2.22. The summed E-state index contributed by atoms with van der Waals surface area (Å²) in [6.45, 7) is 3.05. The first-order valence-corrected chi connectivity index (χ1v) is 7.78. The summed E-state index contributed by atoms with van der Waals surface area (Å²) in [5.74, 6) is 0. The van der Waals surface area contributed by atoms with Crippen LogP contribution in [-0.2, 0) is 9.47 Å². The predicted molar refractivity (Wildman–Crippen MR) is 93.6 cm³/mol. The first-order chi connectivity index (χ1) is 11.9. The van der Waals surface area contributed by atoms with Gasteiger partial charge >= 0.3 is 12.3 Å². The van der Waals surface area contributed by atoms with Crippen LogP contribution in [-0.4, -0.2) is 34.7 Å². The number of rotatable bonds is 5. The first kappa shape index (κ1) is 20.0. The summed E-state index contributed by atoms with van der Waals surface area (Å²) in [6, 6.07) is 20.8. The van der Waals surface area contributed by atoms with Crippen LogP contribution in [0, 0.1) is 0 Å². The lowest BCUT2D eigenvalue weighted by molar-refractivity contribution is 0.0158. The molecule has 0 fully saturated rings. The molecule has 0 bridgehead atoms. The maximum Gasteiger partial charge on any atom is 0.506 e. The monoisotopic (exact) mass is 346 g/mol. The number of benzene rings is 2. The SMILES string of the molecule is CC(CC(C)OC(=O)O)OC(=O)O.c1ccc(-c2ccccc2)cc1. The number of hydrogen-bond donors (Lipinski definition) is 2. The Balaban J connectivity index is 0.000000250. The van der Waals surface area contributed by atoms with Crippen molar-refractivity contribution >= 4 is 12.3 Å². The molecule has 2 rings (SSSR count). The Labute approximate surface area is 146 Å². The van der Waals surface area contributed by atoms with E-state index in [9.17, 15) is 9.59 Å². The second kappa shape index (κ2) is 10.7. The number of ether oxygens (including phenoxy) is 2. The minimum atomic E-state index is -1.38. The zero-order valence-electron chi connectivity index (χ0n) is 14.2. The van der Waals surface area contributed by atoms with Gasteiger partial charge in [-0.05, 0) is 25.0 Å². The predicted octanol–water partition coefficient (Wildman–Crippen LogP) is 4.90. The molecule has 0 heterocycles. The van der Waals surface area contributed by atoms with Crippen LogP contribution in [0.3, 0.4) is 0 Å². The Morgan fingerprint density at radius 2 is 1.08 bits per heavy atom. The van der Waals surface area contributed by atoms with E-state index in [1.54, 1.807) is 0 Å². The smallest absolute Gasteiger partial charge is 0.450 e. The fourth-order valence-corrected chi connectivity index (χ4v) is 2.17. The van der Waals surface area contributed by atoms with Crippen LogP contribution in [0.4, 0.5) is 9.59 Å². The molecule has 0 saturated heterocycles. The van der Waals surface area contributed by atoms with E-state index >= 15 is 0 Å². The summed E-state index contributed by atoms with van der Waals surface area (Å²) >= 11 is 0. The van der Waals surface area contributed by atoms with Gasteiger partial charge < -0.3 is 19.7 Å². The third-order valence-corrected chi connectivity index (χ3v) is 3.15. The Bertz CT molecular complexity index is 584. The largest absolute Gasteiger partial charge is 0.506 e. The normalized spacial score (nSPS) is 12.1. The van der Waals surface area contributed by atoms with Gasteiger partial charge in [-0.15, -0.1) is 0 Å². The molecule has 0 aliphatic rings. The molecule has 2 unspecified atom stereocenters. The highest BCUT2D eigenvalue weighted by Crippen LogP contribution is 2.17. The molecule has 2 aromatic carbocycles. The third kappa shape index (κ3) is 9.00. The Kier molecular flexibility index (Phi) is 8.57. The molecule has 0 aliphatic carbocycles. The second-order valence-electron chi connectivity index (χ2n) is 5.36. The van der Waals surface area contributed by atoms with Gasteiger partial charge in [0, 0.05) is 6.42 Å². The van der Waals surface area contributed by atoms with Crippen LogP contribution in [0.25, 0.3) is 11.1 Å². The van der Waals surface area contributed by atoms with Crippen LogP contribution in [0.2, 0.25) is 0 Å². The Morgan fingerprint density at radius 1 is 0.760 bits per heavy atom. The lowest BCUT2D eigenvalue weighted by Gasteiger charge is -2.15. The quantitative estimate of drug-likeness (QED) is 0.748. The molecule has 0 aliphatic heterocycles. The average molecular weight is 346 g/mol. The third-order valence-electron chi connectivity index (χ3n) is 3.15. The van der Waals surface area contributed by atoms with E-state index in [2.05, 4.69) is 58.0 Å². The zero-order chi connectivity index (χ0) is 18.7. The number of hydrogen-bond acceptors (Lipinski definition) is 4. The molecule has 134 valence electrons. The molecule has 2 N–H and O–H groups in total. The van der Waals surface area contributed by atoms with Crippen molar-refractivity contribution in [2.75, 3.05) is 0 Å². The average Bonchev–Trinajstić information content (AvgIpc) is 2.55.